The Morgan fingerprint density at radius 1 is 1.40 bits per heavy atom. The number of nitrogens with two attached hydrogens (primary N) is 1. The maximum Gasteiger partial charge on any atom is 0.239 e. The normalized spacial score (nSPS) is 23.3. The lowest BCUT2D eigenvalue weighted by atomic mass is 9.98. The molecule has 2 saturated heterocycles. The zero-order chi connectivity index (χ0) is 17.8. The molecule has 2 aliphatic rings. The zero-order valence-corrected chi connectivity index (χ0v) is 14.6. The first kappa shape index (κ1) is 17.4. The number of aromatic nitrogens is 2. The predicted octanol–water partition coefficient (Wildman–Crippen LogP) is 0.402. The van der Waals surface area contributed by atoms with Gasteiger partial charge in [-0.05, 0) is 18.8 Å². The number of rotatable bonds is 6. The zero-order valence-electron chi connectivity index (χ0n) is 14.6. The third-order valence-electron chi connectivity index (χ3n) is 4.95. The summed E-state index contributed by atoms with van der Waals surface area (Å²) in [5, 5.41) is 3.13. The number of hydrogen-bond acceptors (Lipinski definition) is 6. The van der Waals surface area contributed by atoms with Crippen LogP contribution >= 0.6 is 0 Å². The van der Waals surface area contributed by atoms with Crippen molar-refractivity contribution in [3.8, 4) is 0 Å². The number of nitrogens with one attached hydrogen (secondary N) is 1. The molecule has 3 heterocycles. The molecule has 2 aliphatic heterocycles. The van der Waals surface area contributed by atoms with Crippen LogP contribution in [0, 0.1) is 5.92 Å². The molecule has 0 saturated carbocycles. The smallest absolute Gasteiger partial charge is 0.239 e. The average molecular weight is 346 g/mol. The molecule has 3 rings (SSSR count). The predicted molar refractivity (Wildman–Crippen MR) is 94.8 cm³/mol. The van der Waals surface area contributed by atoms with Crippen LogP contribution in [-0.4, -0.2) is 58.9 Å². The van der Waals surface area contributed by atoms with Gasteiger partial charge < -0.3 is 20.9 Å². The highest BCUT2D eigenvalue weighted by Gasteiger charge is 2.34. The molecule has 0 spiro atoms. The van der Waals surface area contributed by atoms with Crippen LogP contribution in [-0.2, 0) is 9.59 Å². The number of nitrogen functional groups attached to an aromatic ring is 1. The number of carbonyl (C=O) groups is 2. The molecule has 2 amide bonds. The number of likely N-dealkylation sites (tertiary alicyclic amines) is 1. The van der Waals surface area contributed by atoms with Crippen LogP contribution in [0.1, 0.15) is 32.6 Å². The highest BCUT2D eigenvalue weighted by Crippen LogP contribution is 2.26. The van der Waals surface area contributed by atoms with Gasteiger partial charge in [0.1, 0.15) is 18.0 Å². The van der Waals surface area contributed by atoms with Gasteiger partial charge in [-0.1, -0.05) is 13.3 Å². The molecule has 1 aromatic rings. The van der Waals surface area contributed by atoms with E-state index in [0.717, 1.165) is 31.6 Å². The van der Waals surface area contributed by atoms with Gasteiger partial charge in [0.2, 0.25) is 11.8 Å². The van der Waals surface area contributed by atoms with Crippen molar-refractivity contribution in [2.45, 2.75) is 38.6 Å². The van der Waals surface area contributed by atoms with E-state index in [-0.39, 0.29) is 24.4 Å². The number of amides is 2. The fourth-order valence-electron chi connectivity index (χ4n) is 3.72. The van der Waals surface area contributed by atoms with E-state index in [1.54, 1.807) is 11.0 Å². The van der Waals surface area contributed by atoms with Gasteiger partial charge in [0.25, 0.3) is 0 Å². The molecule has 1 aromatic heterocycles. The van der Waals surface area contributed by atoms with E-state index in [2.05, 4.69) is 27.1 Å². The molecule has 0 aliphatic carbocycles. The minimum Gasteiger partial charge on any atom is -0.384 e. The lowest BCUT2D eigenvalue weighted by Gasteiger charge is -2.21. The van der Waals surface area contributed by atoms with Gasteiger partial charge >= 0.3 is 0 Å². The van der Waals surface area contributed by atoms with E-state index in [4.69, 9.17) is 5.73 Å². The molecular weight excluding hydrogens is 320 g/mol. The van der Waals surface area contributed by atoms with E-state index in [1.165, 1.54) is 6.33 Å². The number of carbonyl (C=O) groups excluding carboxylic acids is 2. The minimum absolute atomic E-state index is 0.0568. The molecule has 3 N–H and O–H groups in total. The molecule has 8 heteroatoms. The van der Waals surface area contributed by atoms with Crippen molar-refractivity contribution in [3.63, 3.8) is 0 Å². The van der Waals surface area contributed by atoms with Crippen molar-refractivity contribution in [1.29, 1.82) is 0 Å². The highest BCUT2D eigenvalue weighted by molar-refractivity contribution is 5.86. The molecular formula is C17H26N6O2. The second-order valence-electron chi connectivity index (χ2n) is 6.85. The first-order valence-corrected chi connectivity index (χ1v) is 8.96. The summed E-state index contributed by atoms with van der Waals surface area (Å²) >= 11 is 0. The summed E-state index contributed by atoms with van der Waals surface area (Å²) in [4.78, 5) is 36.1. The maximum absolute atomic E-state index is 12.4. The number of nitrogens with zero attached hydrogens (tertiary/aromatic N) is 4. The van der Waals surface area contributed by atoms with Gasteiger partial charge in [0, 0.05) is 32.1 Å². The van der Waals surface area contributed by atoms with E-state index in [0.29, 0.717) is 31.2 Å². The third kappa shape index (κ3) is 4.18. The van der Waals surface area contributed by atoms with Gasteiger partial charge in [-0.2, -0.15) is 0 Å². The van der Waals surface area contributed by atoms with E-state index in [9.17, 15) is 9.59 Å². The second kappa shape index (κ2) is 7.67. The van der Waals surface area contributed by atoms with Crippen molar-refractivity contribution < 1.29 is 9.59 Å². The summed E-state index contributed by atoms with van der Waals surface area (Å²) in [5.41, 5.74) is 5.75. The fourth-order valence-corrected chi connectivity index (χ4v) is 3.72. The Bertz CT molecular complexity index is 637. The Hall–Kier alpha value is -2.38. The molecule has 2 atom stereocenters. The summed E-state index contributed by atoms with van der Waals surface area (Å²) < 4.78 is 0. The summed E-state index contributed by atoms with van der Waals surface area (Å²) in [5.74, 6) is 1.59. The van der Waals surface area contributed by atoms with E-state index >= 15 is 0 Å². The van der Waals surface area contributed by atoms with Crippen molar-refractivity contribution in [1.82, 2.24) is 20.2 Å². The molecule has 136 valence electrons. The second-order valence-corrected chi connectivity index (χ2v) is 6.85. The quantitative estimate of drug-likeness (QED) is 0.773. The largest absolute Gasteiger partial charge is 0.384 e. The lowest BCUT2D eigenvalue weighted by Crippen LogP contribution is -2.45. The average Bonchev–Trinajstić information content (AvgIpc) is 3.15. The molecule has 0 aromatic carbocycles. The van der Waals surface area contributed by atoms with Crippen LogP contribution in [0.5, 0.6) is 0 Å². The SMILES string of the molecule is CCC[C@@H]1CN(c2cc(N)ncn2)C[C@H]1NC(=O)CN1CCCC1=O. The minimum atomic E-state index is -0.0783. The van der Waals surface area contributed by atoms with Gasteiger partial charge in [-0.15, -0.1) is 0 Å². The number of hydrogen-bond donors (Lipinski definition) is 2. The topological polar surface area (TPSA) is 104 Å². The Kier molecular flexibility index (Phi) is 5.35. The van der Waals surface area contributed by atoms with Gasteiger partial charge in [-0.25, -0.2) is 9.97 Å². The van der Waals surface area contributed by atoms with Crippen LogP contribution < -0.4 is 16.0 Å². The maximum atomic E-state index is 12.4. The van der Waals surface area contributed by atoms with Crippen molar-refractivity contribution in [2.24, 2.45) is 5.92 Å². The summed E-state index contributed by atoms with van der Waals surface area (Å²) in [6, 6.07) is 1.82. The monoisotopic (exact) mass is 346 g/mol. The highest BCUT2D eigenvalue weighted by atomic mass is 16.2. The number of anilines is 2. The van der Waals surface area contributed by atoms with Crippen molar-refractivity contribution in [3.05, 3.63) is 12.4 Å². The van der Waals surface area contributed by atoms with E-state index < -0.39 is 0 Å². The first-order chi connectivity index (χ1) is 12.1. The fraction of sp³-hybridized carbons (Fsp3) is 0.647. The van der Waals surface area contributed by atoms with Gasteiger partial charge in [0.05, 0.1) is 12.6 Å². The Morgan fingerprint density at radius 2 is 2.24 bits per heavy atom. The van der Waals surface area contributed by atoms with Crippen LogP contribution in [0.2, 0.25) is 0 Å². The standard InChI is InChI=1S/C17H26N6O2/c1-2-4-12-8-23(15-7-14(18)19-11-20-15)9-13(12)21-16(24)10-22-6-3-5-17(22)25/h7,11-13H,2-6,8-10H2,1H3,(H,21,24)(H2,18,19,20)/t12-,13-/m1/s1. The molecule has 8 nitrogen and oxygen atoms in total. The Morgan fingerprint density at radius 3 is 2.92 bits per heavy atom. The Balaban J connectivity index is 1.62. The lowest BCUT2D eigenvalue weighted by molar-refractivity contribution is -0.133. The van der Waals surface area contributed by atoms with Crippen LogP contribution in [0.4, 0.5) is 11.6 Å². The Labute approximate surface area is 147 Å². The first-order valence-electron chi connectivity index (χ1n) is 8.96. The van der Waals surface area contributed by atoms with Crippen molar-refractivity contribution >= 4 is 23.5 Å². The molecule has 0 bridgehead atoms. The summed E-state index contributed by atoms with van der Waals surface area (Å²) in [6.45, 7) is 4.52. The van der Waals surface area contributed by atoms with Crippen molar-refractivity contribution in [2.75, 3.05) is 36.8 Å². The molecule has 25 heavy (non-hydrogen) atoms. The molecule has 0 unspecified atom stereocenters. The van der Waals surface area contributed by atoms with Crippen LogP contribution in [0.25, 0.3) is 0 Å². The molecule has 0 radical (unpaired) electrons. The van der Waals surface area contributed by atoms with Crippen LogP contribution in [0.3, 0.4) is 0 Å². The van der Waals surface area contributed by atoms with Gasteiger partial charge in [0.15, 0.2) is 0 Å². The van der Waals surface area contributed by atoms with Crippen LogP contribution in [0.15, 0.2) is 12.4 Å². The third-order valence-corrected chi connectivity index (χ3v) is 4.95. The van der Waals surface area contributed by atoms with Gasteiger partial charge in [-0.3, -0.25) is 9.59 Å². The summed E-state index contributed by atoms with van der Waals surface area (Å²) in [6.07, 6.45) is 4.95. The molecule has 2 fully saturated rings. The summed E-state index contributed by atoms with van der Waals surface area (Å²) in [7, 11) is 0. The van der Waals surface area contributed by atoms with E-state index in [1.807, 2.05) is 0 Å².